The smallest absolute Gasteiger partial charge is 0.341 e. The van der Waals surface area contributed by atoms with Crippen LogP contribution < -0.4 is 4.74 Å². The number of hydrogen-bond acceptors (Lipinski definition) is 4. The maximum absolute atomic E-state index is 12.9. The largest absolute Gasteiger partial charge is 0.482 e. The highest BCUT2D eigenvalue weighted by Crippen LogP contribution is 2.51. The van der Waals surface area contributed by atoms with E-state index in [4.69, 9.17) is 9.84 Å². The van der Waals surface area contributed by atoms with Crippen LogP contribution in [-0.2, 0) is 14.8 Å². The summed E-state index contributed by atoms with van der Waals surface area (Å²) in [7, 11) is -3.56. The van der Waals surface area contributed by atoms with E-state index in [2.05, 4.69) is 6.58 Å². The van der Waals surface area contributed by atoms with E-state index in [1.165, 1.54) is 24.3 Å². The zero-order chi connectivity index (χ0) is 16.7. The van der Waals surface area contributed by atoms with Gasteiger partial charge in [0.25, 0.3) is 0 Å². The average molecular weight is 337 g/mol. The fraction of sp³-hybridized carbons (Fsp3) is 0.438. The number of carbonyl (C=O) groups is 1. The molecule has 0 unspecified atom stereocenters. The van der Waals surface area contributed by atoms with Gasteiger partial charge in [-0.3, -0.25) is 0 Å². The van der Waals surface area contributed by atoms with Crippen LogP contribution in [0.5, 0.6) is 5.75 Å². The van der Waals surface area contributed by atoms with Crippen LogP contribution >= 0.6 is 0 Å². The minimum Gasteiger partial charge on any atom is -0.482 e. The van der Waals surface area contributed by atoms with Gasteiger partial charge in [0, 0.05) is 12.1 Å². The summed E-state index contributed by atoms with van der Waals surface area (Å²) in [5.74, 6) is -0.745. The number of benzene rings is 1. The molecule has 124 valence electrons. The molecule has 0 bridgehead atoms. The summed E-state index contributed by atoms with van der Waals surface area (Å²) in [4.78, 5) is 10.7. The Morgan fingerprint density at radius 1 is 1.30 bits per heavy atom. The Hall–Kier alpha value is -1.86. The summed E-state index contributed by atoms with van der Waals surface area (Å²) in [5, 5.41) is 8.58. The molecule has 1 saturated heterocycles. The summed E-state index contributed by atoms with van der Waals surface area (Å²) in [6.45, 7) is 4.02. The SMILES string of the molecule is C=C1CCN(S(=O)(=O)c2ccc(OCC(=O)O)cc2)C2(CC2)C1. The molecule has 2 fully saturated rings. The summed E-state index contributed by atoms with van der Waals surface area (Å²) < 4.78 is 32.4. The number of carboxylic acid groups (broad SMARTS) is 1. The zero-order valence-electron chi connectivity index (χ0n) is 12.7. The highest BCUT2D eigenvalue weighted by atomic mass is 32.2. The molecule has 2 aliphatic rings. The summed E-state index contributed by atoms with van der Waals surface area (Å²) in [6.07, 6.45) is 3.20. The molecule has 1 N–H and O–H groups in total. The van der Waals surface area contributed by atoms with Gasteiger partial charge in [-0.1, -0.05) is 12.2 Å². The van der Waals surface area contributed by atoms with E-state index in [-0.39, 0.29) is 10.4 Å². The van der Waals surface area contributed by atoms with E-state index in [1.54, 1.807) is 4.31 Å². The molecule has 0 atom stereocenters. The van der Waals surface area contributed by atoms with Gasteiger partial charge in [0.15, 0.2) is 6.61 Å². The first-order valence-electron chi connectivity index (χ1n) is 7.48. The second-order valence-corrected chi connectivity index (χ2v) is 7.99. The van der Waals surface area contributed by atoms with Crippen molar-refractivity contribution in [3.8, 4) is 5.75 Å². The quantitative estimate of drug-likeness (QED) is 0.831. The molecule has 1 aliphatic heterocycles. The van der Waals surface area contributed by atoms with E-state index >= 15 is 0 Å². The van der Waals surface area contributed by atoms with Crippen molar-refractivity contribution < 1.29 is 23.1 Å². The van der Waals surface area contributed by atoms with E-state index in [1.807, 2.05) is 0 Å². The van der Waals surface area contributed by atoms with Crippen molar-refractivity contribution in [1.29, 1.82) is 0 Å². The standard InChI is InChI=1S/C16H19NO5S/c1-12-6-9-17(16(10-12)7-8-16)23(20,21)14-4-2-13(3-5-14)22-11-15(18)19/h2-5H,1,6-11H2,(H,18,19). The van der Waals surface area contributed by atoms with Crippen LogP contribution in [0.4, 0.5) is 0 Å². The van der Waals surface area contributed by atoms with Gasteiger partial charge in [0.05, 0.1) is 4.90 Å². The molecule has 6 nitrogen and oxygen atoms in total. The lowest BCUT2D eigenvalue weighted by Gasteiger charge is -2.36. The van der Waals surface area contributed by atoms with Gasteiger partial charge in [-0.25, -0.2) is 13.2 Å². The molecule has 0 amide bonds. The molecule has 7 heteroatoms. The third-order valence-corrected chi connectivity index (χ3v) is 6.40. The van der Waals surface area contributed by atoms with Gasteiger partial charge >= 0.3 is 5.97 Å². The minimum atomic E-state index is -3.56. The van der Waals surface area contributed by atoms with Gasteiger partial charge in [-0.2, -0.15) is 4.31 Å². The van der Waals surface area contributed by atoms with Crippen LogP contribution in [0, 0.1) is 0 Å². The lowest BCUT2D eigenvalue weighted by Crippen LogP contribution is -2.45. The molecule has 0 radical (unpaired) electrons. The zero-order valence-corrected chi connectivity index (χ0v) is 13.5. The molecule has 0 aromatic heterocycles. The number of hydrogen-bond donors (Lipinski definition) is 1. The summed E-state index contributed by atoms with van der Waals surface area (Å²) >= 11 is 0. The van der Waals surface area contributed by atoms with Crippen LogP contribution in [0.15, 0.2) is 41.3 Å². The first-order chi connectivity index (χ1) is 10.8. The number of carboxylic acids is 1. The Bertz CT molecular complexity index is 734. The normalized spacial score (nSPS) is 20.4. The predicted molar refractivity (Wildman–Crippen MR) is 83.8 cm³/mol. The monoisotopic (exact) mass is 337 g/mol. The van der Waals surface area contributed by atoms with Crippen molar-refractivity contribution in [2.75, 3.05) is 13.2 Å². The molecule has 23 heavy (non-hydrogen) atoms. The Morgan fingerprint density at radius 3 is 2.52 bits per heavy atom. The van der Waals surface area contributed by atoms with Crippen molar-refractivity contribution in [3.05, 3.63) is 36.4 Å². The van der Waals surface area contributed by atoms with Crippen molar-refractivity contribution in [3.63, 3.8) is 0 Å². The lowest BCUT2D eigenvalue weighted by molar-refractivity contribution is -0.139. The fourth-order valence-corrected chi connectivity index (χ4v) is 4.89. The second kappa shape index (κ2) is 5.65. The average Bonchev–Trinajstić information content (AvgIpc) is 3.24. The van der Waals surface area contributed by atoms with Crippen molar-refractivity contribution >= 4 is 16.0 Å². The molecule has 1 aromatic rings. The Kier molecular flexibility index (Phi) is 3.93. The van der Waals surface area contributed by atoms with Gasteiger partial charge in [0.2, 0.25) is 10.0 Å². The van der Waals surface area contributed by atoms with Gasteiger partial charge < -0.3 is 9.84 Å². The maximum Gasteiger partial charge on any atom is 0.341 e. The molecule has 1 heterocycles. The van der Waals surface area contributed by atoms with E-state index in [0.29, 0.717) is 18.7 Å². The predicted octanol–water partition coefficient (Wildman–Crippen LogP) is 2.02. The molecule has 1 aliphatic carbocycles. The van der Waals surface area contributed by atoms with Crippen molar-refractivity contribution in [2.45, 2.75) is 36.1 Å². The van der Waals surface area contributed by atoms with E-state index < -0.39 is 22.6 Å². The lowest BCUT2D eigenvalue weighted by atomic mass is 9.98. The van der Waals surface area contributed by atoms with Crippen LogP contribution in [0.3, 0.4) is 0 Å². The first kappa shape index (κ1) is 16.0. The van der Waals surface area contributed by atoms with Crippen molar-refractivity contribution in [1.82, 2.24) is 4.31 Å². The second-order valence-electron chi connectivity index (χ2n) is 6.13. The van der Waals surface area contributed by atoms with Gasteiger partial charge in [-0.15, -0.1) is 0 Å². The molecule has 1 saturated carbocycles. The highest BCUT2D eigenvalue weighted by molar-refractivity contribution is 7.89. The van der Waals surface area contributed by atoms with Gasteiger partial charge in [-0.05, 0) is 49.9 Å². The Labute approximate surface area is 135 Å². The molecular weight excluding hydrogens is 318 g/mol. The van der Waals surface area contributed by atoms with E-state index in [0.717, 1.165) is 24.8 Å². The highest BCUT2D eigenvalue weighted by Gasteiger charge is 2.54. The summed E-state index contributed by atoms with van der Waals surface area (Å²) in [5.41, 5.74) is 0.846. The summed E-state index contributed by atoms with van der Waals surface area (Å²) in [6, 6.07) is 5.90. The minimum absolute atomic E-state index is 0.207. The number of sulfonamides is 1. The molecule has 1 spiro atoms. The number of piperidine rings is 1. The topological polar surface area (TPSA) is 83.9 Å². The number of nitrogens with zero attached hydrogens (tertiary/aromatic N) is 1. The van der Waals surface area contributed by atoms with Gasteiger partial charge in [0.1, 0.15) is 5.75 Å². The molecule has 1 aromatic carbocycles. The van der Waals surface area contributed by atoms with Crippen LogP contribution in [0.2, 0.25) is 0 Å². The Balaban J connectivity index is 1.80. The third-order valence-electron chi connectivity index (χ3n) is 4.38. The maximum atomic E-state index is 12.9. The Morgan fingerprint density at radius 2 is 1.96 bits per heavy atom. The van der Waals surface area contributed by atoms with Crippen LogP contribution in [0.25, 0.3) is 0 Å². The van der Waals surface area contributed by atoms with Crippen LogP contribution in [-0.4, -0.2) is 42.5 Å². The third kappa shape index (κ3) is 3.11. The number of rotatable bonds is 5. The molecular formula is C16H19NO5S. The van der Waals surface area contributed by atoms with Crippen molar-refractivity contribution in [2.24, 2.45) is 0 Å². The number of aliphatic carboxylic acids is 1. The fourth-order valence-electron chi connectivity index (χ4n) is 3.06. The first-order valence-corrected chi connectivity index (χ1v) is 8.92. The van der Waals surface area contributed by atoms with Crippen LogP contribution in [0.1, 0.15) is 25.7 Å². The van der Waals surface area contributed by atoms with E-state index in [9.17, 15) is 13.2 Å². The molecule has 3 rings (SSSR count). The number of ether oxygens (including phenoxy) is 1.